The summed E-state index contributed by atoms with van der Waals surface area (Å²) >= 11 is 0. The van der Waals surface area contributed by atoms with Crippen LogP contribution in [-0.4, -0.2) is 45.7 Å². The van der Waals surface area contributed by atoms with E-state index in [2.05, 4.69) is 10.6 Å². The van der Waals surface area contributed by atoms with E-state index in [1.807, 2.05) is 20.8 Å². The number of amides is 2. The highest BCUT2D eigenvalue weighted by Gasteiger charge is 2.21. The molecular weight excluding hydrogens is 418 g/mol. The Bertz CT molecular complexity index is 1020. The largest absolute Gasteiger partial charge is 0.481 e. The maximum atomic E-state index is 12.8. The van der Waals surface area contributed by atoms with Crippen molar-refractivity contribution in [1.82, 2.24) is 5.32 Å². The van der Waals surface area contributed by atoms with Gasteiger partial charge in [-0.15, -0.1) is 0 Å². The number of rotatable bonds is 9. The van der Waals surface area contributed by atoms with E-state index in [-0.39, 0.29) is 17.9 Å². The number of hydrogen-bond acceptors (Lipinski definition) is 5. The zero-order valence-corrected chi connectivity index (χ0v) is 19.2. The third-order valence-corrected chi connectivity index (χ3v) is 5.69. The molecule has 2 N–H and O–H groups in total. The smallest absolute Gasteiger partial charge is 0.265 e. The number of nitrogens with one attached hydrogen (secondary N) is 2. The molecule has 0 fully saturated rings. The van der Waals surface area contributed by atoms with E-state index in [1.54, 1.807) is 48.5 Å². The van der Waals surface area contributed by atoms with Crippen LogP contribution in [0.5, 0.6) is 5.75 Å². The van der Waals surface area contributed by atoms with Gasteiger partial charge >= 0.3 is 0 Å². The Morgan fingerprint density at radius 3 is 2.23 bits per heavy atom. The van der Waals surface area contributed by atoms with Crippen molar-refractivity contribution in [3.8, 4) is 5.75 Å². The van der Waals surface area contributed by atoms with Crippen molar-refractivity contribution >= 4 is 33.2 Å². The number of anilines is 2. The summed E-state index contributed by atoms with van der Waals surface area (Å²) in [6.45, 7) is 5.53. The van der Waals surface area contributed by atoms with Gasteiger partial charge in [0.15, 0.2) is 6.10 Å². The second kappa shape index (κ2) is 10.3. The van der Waals surface area contributed by atoms with Gasteiger partial charge in [-0.25, -0.2) is 8.42 Å². The van der Waals surface area contributed by atoms with Crippen LogP contribution in [-0.2, 0) is 14.8 Å². The molecule has 2 amide bonds. The molecule has 0 bridgehead atoms. The predicted molar refractivity (Wildman–Crippen MR) is 122 cm³/mol. The lowest BCUT2D eigenvalue weighted by Crippen LogP contribution is -2.34. The Morgan fingerprint density at radius 1 is 1.06 bits per heavy atom. The van der Waals surface area contributed by atoms with E-state index < -0.39 is 16.1 Å². The van der Waals surface area contributed by atoms with Crippen molar-refractivity contribution in [2.24, 2.45) is 0 Å². The number of ether oxygens (including phenoxy) is 1. The fraction of sp³-hybridized carbons (Fsp3) is 0.364. The fourth-order valence-electron chi connectivity index (χ4n) is 2.76. The molecule has 0 saturated heterocycles. The minimum Gasteiger partial charge on any atom is -0.481 e. The molecule has 0 radical (unpaired) electrons. The van der Waals surface area contributed by atoms with E-state index in [4.69, 9.17) is 4.74 Å². The minimum absolute atomic E-state index is 0.0345. The molecular formula is C22H29N3O5S. The Morgan fingerprint density at radius 2 is 1.68 bits per heavy atom. The maximum absolute atomic E-state index is 12.8. The van der Waals surface area contributed by atoms with Crippen LogP contribution in [0.15, 0.2) is 48.5 Å². The van der Waals surface area contributed by atoms with E-state index in [9.17, 15) is 18.0 Å². The highest BCUT2D eigenvalue weighted by molar-refractivity contribution is 7.92. The minimum atomic E-state index is -3.37. The van der Waals surface area contributed by atoms with E-state index in [0.717, 1.165) is 10.6 Å². The van der Waals surface area contributed by atoms with Crippen LogP contribution in [0.1, 0.15) is 37.6 Å². The zero-order valence-electron chi connectivity index (χ0n) is 18.4. The quantitative estimate of drug-likeness (QED) is 0.615. The van der Waals surface area contributed by atoms with Crippen molar-refractivity contribution in [2.45, 2.75) is 39.3 Å². The number of benzene rings is 2. The molecule has 0 heterocycles. The number of para-hydroxylation sites is 1. The molecule has 9 heteroatoms. The molecule has 2 aromatic carbocycles. The highest BCUT2D eigenvalue weighted by atomic mass is 32.2. The first-order valence-corrected chi connectivity index (χ1v) is 11.8. The van der Waals surface area contributed by atoms with Gasteiger partial charge in [0.1, 0.15) is 5.75 Å². The summed E-state index contributed by atoms with van der Waals surface area (Å²) in [6.07, 6.45) is 0.727. The maximum Gasteiger partial charge on any atom is 0.265 e. The summed E-state index contributed by atoms with van der Waals surface area (Å²) in [6, 6.07) is 13.2. The van der Waals surface area contributed by atoms with Crippen molar-refractivity contribution in [3.05, 3.63) is 54.1 Å². The van der Waals surface area contributed by atoms with Crippen LogP contribution in [0.3, 0.4) is 0 Å². The van der Waals surface area contributed by atoms with Gasteiger partial charge < -0.3 is 15.4 Å². The SMILES string of the molecule is CC[C@H](Oc1ccc(N(C)S(C)(=O)=O)cc1)C(=O)Nc1ccccc1C(=O)NC(C)C. The molecule has 0 saturated carbocycles. The Kier molecular flexibility index (Phi) is 8.04. The Balaban J connectivity index is 2.12. The summed E-state index contributed by atoms with van der Waals surface area (Å²) in [5.41, 5.74) is 1.25. The first kappa shape index (κ1) is 24.2. The second-order valence-corrected chi connectivity index (χ2v) is 9.42. The average Bonchev–Trinajstić information content (AvgIpc) is 2.71. The number of hydrogen-bond donors (Lipinski definition) is 2. The molecule has 0 unspecified atom stereocenters. The summed E-state index contributed by atoms with van der Waals surface area (Å²) in [4.78, 5) is 25.2. The van der Waals surface area contributed by atoms with Gasteiger partial charge in [-0.2, -0.15) is 0 Å². The van der Waals surface area contributed by atoms with Crippen LogP contribution < -0.4 is 19.7 Å². The van der Waals surface area contributed by atoms with Crippen molar-refractivity contribution in [1.29, 1.82) is 0 Å². The zero-order chi connectivity index (χ0) is 23.2. The molecule has 0 aliphatic carbocycles. The highest BCUT2D eigenvalue weighted by Crippen LogP contribution is 2.22. The Labute approximate surface area is 183 Å². The van der Waals surface area contributed by atoms with Gasteiger partial charge in [0.25, 0.3) is 11.8 Å². The first-order valence-electron chi connectivity index (χ1n) is 9.94. The lowest BCUT2D eigenvalue weighted by Gasteiger charge is -2.20. The lowest BCUT2D eigenvalue weighted by atomic mass is 10.1. The molecule has 2 rings (SSSR count). The number of carbonyl (C=O) groups excluding carboxylic acids is 2. The average molecular weight is 448 g/mol. The topological polar surface area (TPSA) is 105 Å². The summed E-state index contributed by atoms with van der Waals surface area (Å²) in [5, 5.41) is 5.59. The molecule has 0 aromatic heterocycles. The van der Waals surface area contributed by atoms with Crippen molar-refractivity contribution in [3.63, 3.8) is 0 Å². The normalized spacial score (nSPS) is 12.2. The predicted octanol–water partition coefficient (Wildman–Crippen LogP) is 3.02. The third kappa shape index (κ3) is 6.71. The van der Waals surface area contributed by atoms with Gasteiger partial charge in [-0.1, -0.05) is 19.1 Å². The van der Waals surface area contributed by atoms with Gasteiger partial charge in [-0.3, -0.25) is 13.9 Å². The van der Waals surface area contributed by atoms with E-state index in [0.29, 0.717) is 29.1 Å². The number of sulfonamides is 1. The summed E-state index contributed by atoms with van der Waals surface area (Å²) in [7, 11) is -1.91. The van der Waals surface area contributed by atoms with Crippen LogP contribution in [0.2, 0.25) is 0 Å². The molecule has 0 spiro atoms. The monoisotopic (exact) mass is 447 g/mol. The van der Waals surface area contributed by atoms with Crippen LogP contribution in [0.4, 0.5) is 11.4 Å². The molecule has 0 aliphatic heterocycles. The van der Waals surface area contributed by atoms with Crippen molar-refractivity contribution in [2.75, 3.05) is 22.9 Å². The molecule has 2 aromatic rings. The molecule has 31 heavy (non-hydrogen) atoms. The van der Waals surface area contributed by atoms with Gasteiger partial charge in [0.05, 0.1) is 23.2 Å². The molecule has 168 valence electrons. The second-order valence-electron chi connectivity index (χ2n) is 7.40. The summed E-state index contributed by atoms with van der Waals surface area (Å²) in [5.74, 6) is -0.228. The van der Waals surface area contributed by atoms with E-state index in [1.165, 1.54) is 7.05 Å². The summed E-state index contributed by atoms with van der Waals surface area (Å²) < 4.78 is 30.3. The standard InChI is InChI=1S/C22H29N3O5S/c1-6-20(30-17-13-11-16(12-14-17)25(4)31(5,28)29)22(27)24-19-10-8-7-9-18(19)21(26)23-15(2)3/h7-15,20H,6H2,1-5H3,(H,23,26)(H,24,27)/t20-/m0/s1. The van der Waals surface area contributed by atoms with Crippen LogP contribution in [0, 0.1) is 0 Å². The number of nitrogens with zero attached hydrogens (tertiary/aromatic N) is 1. The van der Waals surface area contributed by atoms with Crippen LogP contribution in [0.25, 0.3) is 0 Å². The lowest BCUT2D eigenvalue weighted by molar-refractivity contribution is -0.122. The third-order valence-electron chi connectivity index (χ3n) is 4.49. The molecule has 0 aliphatic rings. The van der Waals surface area contributed by atoms with Crippen molar-refractivity contribution < 1.29 is 22.7 Å². The van der Waals surface area contributed by atoms with Gasteiger partial charge in [0.2, 0.25) is 10.0 Å². The van der Waals surface area contributed by atoms with Crippen LogP contribution >= 0.6 is 0 Å². The van der Waals surface area contributed by atoms with Gasteiger partial charge in [-0.05, 0) is 56.7 Å². The van der Waals surface area contributed by atoms with Gasteiger partial charge in [0, 0.05) is 13.1 Å². The fourth-order valence-corrected chi connectivity index (χ4v) is 3.26. The Hall–Kier alpha value is -3.07. The first-order chi connectivity index (χ1) is 14.5. The van der Waals surface area contributed by atoms with E-state index >= 15 is 0 Å². The molecule has 1 atom stereocenters. The molecule has 8 nitrogen and oxygen atoms in total. The number of carbonyl (C=O) groups is 2.